The summed E-state index contributed by atoms with van der Waals surface area (Å²) in [6.45, 7) is 6.58. The third kappa shape index (κ3) is 7.87. The summed E-state index contributed by atoms with van der Waals surface area (Å²) in [7, 11) is 0. The summed E-state index contributed by atoms with van der Waals surface area (Å²) in [6.07, 6.45) is -0.589. The number of aliphatic hydroxyl groups is 1. The van der Waals surface area contributed by atoms with Crippen LogP contribution in [0, 0.1) is 11.6 Å². The third-order valence-corrected chi connectivity index (χ3v) is 10.7. The summed E-state index contributed by atoms with van der Waals surface area (Å²) in [4.78, 5) is 12.5. The fourth-order valence-corrected chi connectivity index (χ4v) is 8.11. The van der Waals surface area contributed by atoms with E-state index in [2.05, 4.69) is 8.85 Å². The summed E-state index contributed by atoms with van der Waals surface area (Å²) < 4.78 is 41.6. The standard InChI is InChI=1S/C24H31F2IN2O4/c1-24(2,3)33-23(31)29-27(11-16-8-18(25)10-19(26)9-16)20(13-30)12-28-22-15-32-14-17-6-4-5-7-21(17)22/h4-10,20,22,28,30H,11-15H2,1-3H3,(H,29,31). The predicted octanol–water partition coefficient (Wildman–Crippen LogP) is 4.63. The molecule has 182 valence electrons. The van der Waals surface area contributed by atoms with Gasteiger partial charge in [0.15, 0.2) is 0 Å². The Morgan fingerprint density at radius 2 is 1.94 bits per heavy atom. The van der Waals surface area contributed by atoms with E-state index in [1.165, 1.54) is 12.1 Å². The van der Waals surface area contributed by atoms with Crippen LogP contribution in [0.1, 0.15) is 43.5 Å². The third-order valence-electron chi connectivity index (χ3n) is 4.95. The van der Waals surface area contributed by atoms with Crippen LogP contribution in [0.25, 0.3) is 0 Å². The Morgan fingerprint density at radius 1 is 1.24 bits per heavy atom. The number of halogens is 3. The number of ether oxygens (including phenoxy) is 2. The first-order valence-electron chi connectivity index (χ1n) is 10.7. The van der Waals surface area contributed by atoms with E-state index in [0.717, 1.165) is 17.2 Å². The van der Waals surface area contributed by atoms with Crippen LogP contribution in [0.3, 0.4) is 0 Å². The Balaban J connectivity index is 1.75. The molecule has 2 atom stereocenters. The number of carbonyl (C=O) groups is 1. The fraction of sp³-hybridized carbons (Fsp3) is 0.458. The number of fused-ring (bicyclic) bond motifs is 1. The van der Waals surface area contributed by atoms with Crippen molar-refractivity contribution in [3.63, 3.8) is 0 Å². The Hall–Kier alpha value is -1.82. The minimum absolute atomic E-state index is 0.0464. The minimum atomic E-state index is -2.55. The summed E-state index contributed by atoms with van der Waals surface area (Å²) in [5, 5.41) is 13.6. The molecule has 0 bridgehead atoms. The summed E-state index contributed by atoms with van der Waals surface area (Å²) in [6, 6.07) is 11.3. The predicted molar refractivity (Wildman–Crippen MR) is 131 cm³/mol. The molecule has 3 N–H and O–H groups in total. The number of benzene rings is 2. The van der Waals surface area contributed by atoms with E-state index >= 15 is 0 Å². The van der Waals surface area contributed by atoms with Crippen molar-refractivity contribution < 1.29 is 28.2 Å². The van der Waals surface area contributed by atoms with E-state index in [1.807, 2.05) is 24.3 Å². The summed E-state index contributed by atoms with van der Waals surface area (Å²) in [5.41, 5.74) is 2.01. The van der Waals surface area contributed by atoms with Crippen molar-refractivity contribution >= 4 is 26.2 Å². The summed E-state index contributed by atoms with van der Waals surface area (Å²) >= 11 is -2.55. The van der Waals surface area contributed by atoms with E-state index in [1.54, 1.807) is 20.8 Å². The van der Waals surface area contributed by atoms with E-state index in [-0.39, 0.29) is 21.0 Å². The number of amides is 1. The molecule has 2 aromatic carbocycles. The van der Waals surface area contributed by atoms with Crippen LogP contribution in [0.5, 0.6) is 0 Å². The number of hydrogen-bond donors (Lipinski definition) is 3. The normalized spacial score (nSPS) is 17.2. The van der Waals surface area contributed by atoms with E-state index in [4.69, 9.17) is 9.47 Å². The molecule has 9 heteroatoms. The molecule has 0 spiro atoms. The molecule has 0 saturated carbocycles. The van der Waals surface area contributed by atoms with Gasteiger partial charge >= 0.3 is 201 Å². The molecule has 1 amide bonds. The zero-order chi connectivity index (χ0) is 24.0. The van der Waals surface area contributed by atoms with Crippen LogP contribution in [-0.4, -0.2) is 40.5 Å². The van der Waals surface area contributed by atoms with Crippen molar-refractivity contribution in [1.82, 2.24) is 8.85 Å². The zero-order valence-electron chi connectivity index (χ0n) is 19.0. The quantitative estimate of drug-likeness (QED) is 0.243. The van der Waals surface area contributed by atoms with Gasteiger partial charge in [-0.2, -0.15) is 0 Å². The number of carbonyl (C=O) groups excluding carboxylic acids is 1. The van der Waals surface area contributed by atoms with E-state index in [0.29, 0.717) is 25.3 Å². The Morgan fingerprint density at radius 3 is 2.61 bits per heavy atom. The monoisotopic (exact) mass is 576 g/mol. The molecule has 0 fully saturated rings. The van der Waals surface area contributed by atoms with Crippen molar-refractivity contribution in [1.29, 1.82) is 0 Å². The first kappa shape index (κ1) is 25.8. The summed E-state index contributed by atoms with van der Waals surface area (Å²) in [5.74, 6) is -1.35. The van der Waals surface area contributed by atoms with Crippen molar-refractivity contribution in [3.05, 3.63) is 70.8 Å². The van der Waals surface area contributed by atoms with Gasteiger partial charge in [0.05, 0.1) is 0 Å². The Kier molecular flexibility index (Phi) is 9.02. The van der Waals surface area contributed by atoms with Crippen LogP contribution >= 0.6 is 20.1 Å². The van der Waals surface area contributed by atoms with Gasteiger partial charge in [0.25, 0.3) is 0 Å². The molecule has 2 unspecified atom stereocenters. The van der Waals surface area contributed by atoms with Gasteiger partial charge in [-0.05, 0) is 0 Å². The number of hydrogen-bond acceptors (Lipinski definition) is 5. The molecular weight excluding hydrogens is 545 g/mol. The van der Waals surface area contributed by atoms with Gasteiger partial charge in [0.2, 0.25) is 0 Å². The van der Waals surface area contributed by atoms with Gasteiger partial charge in [0.1, 0.15) is 0 Å². The molecule has 0 aromatic heterocycles. The molecule has 1 aliphatic heterocycles. The number of aliphatic hydroxyl groups excluding tert-OH is 1. The second-order valence-electron chi connectivity index (χ2n) is 8.86. The second kappa shape index (κ2) is 11.5. The van der Waals surface area contributed by atoms with E-state index in [9.17, 15) is 18.7 Å². The molecule has 1 aliphatic rings. The number of nitrogens with one attached hydrogen (secondary N) is 2. The number of alkyl halides is 2. The van der Waals surface area contributed by atoms with Crippen molar-refractivity contribution in [2.75, 3.05) is 19.8 Å². The van der Waals surface area contributed by atoms with Crippen LogP contribution in [0.15, 0.2) is 42.5 Å². The van der Waals surface area contributed by atoms with Crippen LogP contribution in [0.4, 0.5) is 13.6 Å². The molecule has 6 nitrogen and oxygen atoms in total. The number of rotatable bonds is 8. The fourth-order valence-electron chi connectivity index (χ4n) is 3.53. The molecule has 0 saturated heterocycles. The van der Waals surface area contributed by atoms with Gasteiger partial charge in [-0.25, -0.2) is 0 Å². The van der Waals surface area contributed by atoms with Gasteiger partial charge < -0.3 is 0 Å². The van der Waals surface area contributed by atoms with Gasteiger partial charge in [0, 0.05) is 0 Å². The topological polar surface area (TPSA) is 79.8 Å². The van der Waals surface area contributed by atoms with Gasteiger partial charge in [-0.3, -0.25) is 0 Å². The molecule has 0 radical (unpaired) electrons. The van der Waals surface area contributed by atoms with Crippen LogP contribution in [0.2, 0.25) is 0 Å². The molecule has 33 heavy (non-hydrogen) atoms. The van der Waals surface area contributed by atoms with Crippen molar-refractivity contribution in [2.45, 2.75) is 47.4 Å². The first-order chi connectivity index (χ1) is 15.6. The maximum absolute atomic E-state index is 13.8. The Bertz CT molecular complexity index is 934. The molecule has 2 aromatic rings. The van der Waals surface area contributed by atoms with Gasteiger partial charge in [-0.1, -0.05) is 0 Å². The molecule has 0 aliphatic carbocycles. The van der Waals surface area contributed by atoms with Gasteiger partial charge in [-0.15, -0.1) is 0 Å². The average molecular weight is 576 g/mol. The molecular formula is C24H31F2IN2O4. The van der Waals surface area contributed by atoms with Crippen molar-refractivity contribution in [3.8, 4) is 0 Å². The second-order valence-corrected chi connectivity index (χ2v) is 14.2. The zero-order valence-corrected chi connectivity index (χ0v) is 21.2. The molecule has 1 heterocycles. The van der Waals surface area contributed by atoms with Crippen LogP contribution < -0.4 is 8.85 Å². The Labute approximate surface area is 200 Å². The maximum atomic E-state index is 13.8. The van der Waals surface area contributed by atoms with Crippen LogP contribution in [-0.2, 0) is 20.5 Å². The SMILES string of the molecule is CC(C)(C)OC(=O)NI(Cc1cc(F)cc(F)c1)C(CO)CNC1COCc2ccccc21. The first-order valence-corrected chi connectivity index (χ1v) is 14.6. The molecule has 3 rings (SSSR count). The van der Waals surface area contributed by atoms with E-state index < -0.39 is 43.4 Å². The average Bonchev–Trinajstić information content (AvgIpc) is 2.72. The van der Waals surface area contributed by atoms with Crippen molar-refractivity contribution in [2.24, 2.45) is 0 Å².